The van der Waals surface area contributed by atoms with Crippen molar-refractivity contribution < 1.29 is 0 Å². The van der Waals surface area contributed by atoms with E-state index in [2.05, 4.69) is 115 Å². The fraction of sp³-hybridized carbons (Fsp3) is 0.0286. The van der Waals surface area contributed by atoms with Gasteiger partial charge >= 0.3 is 0 Å². The minimum atomic E-state index is 0.759. The van der Waals surface area contributed by atoms with E-state index in [1.54, 1.807) is 6.20 Å². The molecule has 1 aliphatic heterocycles. The Labute approximate surface area is 223 Å². The van der Waals surface area contributed by atoms with Gasteiger partial charge in [0.25, 0.3) is 0 Å². The molecule has 0 fully saturated rings. The minimum absolute atomic E-state index is 0.759. The van der Waals surface area contributed by atoms with E-state index in [0.717, 1.165) is 39.4 Å². The van der Waals surface area contributed by atoms with Crippen LogP contribution in [0.1, 0.15) is 18.1 Å². The smallest absolute Gasteiger partial charge is 0.0525 e. The Morgan fingerprint density at radius 1 is 0.842 bits per heavy atom. The molecular formula is C35H29N3. The monoisotopic (exact) mass is 491 g/mol. The zero-order chi connectivity index (χ0) is 26.2. The summed E-state index contributed by atoms with van der Waals surface area (Å²) in [6.45, 7) is 10.3. The molecule has 1 aliphatic carbocycles. The van der Waals surface area contributed by atoms with Gasteiger partial charge in [0.15, 0.2) is 0 Å². The third-order valence-electron chi connectivity index (χ3n) is 7.29. The van der Waals surface area contributed by atoms with Crippen molar-refractivity contribution in [1.82, 2.24) is 5.32 Å². The van der Waals surface area contributed by atoms with Crippen LogP contribution < -0.4 is 16.0 Å². The summed E-state index contributed by atoms with van der Waals surface area (Å²) in [5, 5.41) is 5.80. The van der Waals surface area contributed by atoms with Gasteiger partial charge in [-0.05, 0) is 74.4 Å². The van der Waals surface area contributed by atoms with Crippen LogP contribution in [0.25, 0.3) is 44.7 Å². The standard InChI is InChI=1S/C35H29N3/c1-23-17-18-26-9-4-5-16-33(26)38(20-19-37-25(23)3)24(2)21-28(22-36)29-12-8-14-31-30-13-6-10-27-11-7-15-32(34(27)30)35(29)31/h4-22,37H,1,3,36H2,2H3/b18-17-,20-19-,24-21+,28-22+. The average molecular weight is 492 g/mol. The van der Waals surface area contributed by atoms with Crippen LogP contribution in [0.4, 0.5) is 5.69 Å². The summed E-state index contributed by atoms with van der Waals surface area (Å²) in [6, 6.07) is 27.9. The summed E-state index contributed by atoms with van der Waals surface area (Å²) < 4.78 is 0. The molecule has 6 rings (SSSR count). The number of rotatable bonds is 3. The van der Waals surface area contributed by atoms with Crippen LogP contribution in [0.2, 0.25) is 0 Å². The fourth-order valence-corrected chi connectivity index (χ4v) is 5.42. The van der Waals surface area contributed by atoms with Crippen molar-refractivity contribution in [3.05, 3.63) is 151 Å². The van der Waals surface area contributed by atoms with Gasteiger partial charge in [-0.3, -0.25) is 0 Å². The Kier molecular flexibility index (Phi) is 5.82. The number of nitrogens with two attached hydrogens (primary N) is 1. The molecule has 1 heterocycles. The molecule has 0 unspecified atom stereocenters. The lowest BCUT2D eigenvalue weighted by molar-refractivity contribution is 1.06. The second-order valence-corrected chi connectivity index (χ2v) is 9.57. The lowest BCUT2D eigenvalue weighted by atomic mass is 9.93. The van der Waals surface area contributed by atoms with Crippen LogP contribution in [-0.4, -0.2) is 0 Å². The second kappa shape index (κ2) is 9.45. The third kappa shape index (κ3) is 3.86. The predicted octanol–water partition coefficient (Wildman–Crippen LogP) is 8.35. The van der Waals surface area contributed by atoms with Gasteiger partial charge in [0.1, 0.15) is 0 Å². The highest BCUT2D eigenvalue weighted by Gasteiger charge is 2.24. The molecule has 0 spiro atoms. The summed E-state index contributed by atoms with van der Waals surface area (Å²) in [5.41, 5.74) is 18.2. The van der Waals surface area contributed by atoms with Gasteiger partial charge in [0.05, 0.1) is 5.69 Å². The molecule has 4 aromatic rings. The maximum absolute atomic E-state index is 6.32. The number of nitrogens with zero attached hydrogens (tertiary/aromatic N) is 1. The molecular weight excluding hydrogens is 462 g/mol. The van der Waals surface area contributed by atoms with Crippen LogP contribution in [-0.2, 0) is 0 Å². The summed E-state index contributed by atoms with van der Waals surface area (Å²) in [7, 11) is 0. The molecule has 3 N–H and O–H groups in total. The Balaban J connectivity index is 1.47. The molecule has 3 heteroatoms. The van der Waals surface area contributed by atoms with Gasteiger partial charge < -0.3 is 16.0 Å². The van der Waals surface area contributed by atoms with Crippen molar-refractivity contribution in [1.29, 1.82) is 0 Å². The van der Waals surface area contributed by atoms with E-state index in [0.29, 0.717) is 0 Å². The number of hydrogen-bond acceptors (Lipinski definition) is 3. The van der Waals surface area contributed by atoms with E-state index in [9.17, 15) is 0 Å². The SMILES string of the molecule is C=C1/C=C\c2ccccc2N(/C(C)=C/C(=C\N)c2cccc3c2-c2cccc4cccc-3c24)/C=C\NC1=C. The van der Waals surface area contributed by atoms with Crippen LogP contribution in [0.15, 0.2) is 140 Å². The summed E-state index contributed by atoms with van der Waals surface area (Å²) >= 11 is 0. The highest BCUT2D eigenvalue weighted by atomic mass is 15.1. The zero-order valence-corrected chi connectivity index (χ0v) is 21.4. The topological polar surface area (TPSA) is 41.3 Å². The number of para-hydroxylation sites is 1. The van der Waals surface area contributed by atoms with E-state index in [1.165, 1.54) is 33.0 Å². The van der Waals surface area contributed by atoms with Gasteiger partial charge in [0.2, 0.25) is 0 Å². The average Bonchev–Trinajstić information content (AvgIpc) is 3.28. The van der Waals surface area contributed by atoms with Crippen LogP contribution in [0.5, 0.6) is 0 Å². The molecule has 0 amide bonds. The van der Waals surface area contributed by atoms with E-state index in [-0.39, 0.29) is 0 Å². The van der Waals surface area contributed by atoms with Gasteiger partial charge in [-0.1, -0.05) is 98.1 Å². The predicted molar refractivity (Wildman–Crippen MR) is 163 cm³/mol. The Morgan fingerprint density at radius 3 is 2.39 bits per heavy atom. The first-order valence-electron chi connectivity index (χ1n) is 12.7. The van der Waals surface area contributed by atoms with E-state index in [4.69, 9.17) is 5.73 Å². The lowest BCUT2D eigenvalue weighted by Gasteiger charge is -2.25. The van der Waals surface area contributed by atoms with E-state index in [1.807, 2.05) is 24.5 Å². The molecule has 0 saturated carbocycles. The van der Waals surface area contributed by atoms with Crippen molar-refractivity contribution in [2.75, 3.05) is 4.90 Å². The zero-order valence-electron chi connectivity index (χ0n) is 21.4. The quantitative estimate of drug-likeness (QED) is 0.249. The first kappa shape index (κ1) is 23.4. The first-order chi connectivity index (χ1) is 18.6. The number of allylic oxidation sites excluding steroid dienone is 4. The van der Waals surface area contributed by atoms with Crippen molar-refractivity contribution in [2.45, 2.75) is 6.92 Å². The number of nitrogens with one attached hydrogen (secondary N) is 1. The van der Waals surface area contributed by atoms with Crippen LogP contribution in [0.3, 0.4) is 0 Å². The van der Waals surface area contributed by atoms with Gasteiger partial charge in [-0.2, -0.15) is 0 Å². The highest BCUT2D eigenvalue weighted by molar-refractivity contribution is 6.17. The maximum atomic E-state index is 6.32. The molecule has 0 bridgehead atoms. The number of anilines is 1. The summed E-state index contributed by atoms with van der Waals surface area (Å²) in [4.78, 5) is 2.16. The number of fused-ring (bicyclic) bond motifs is 4. The second-order valence-electron chi connectivity index (χ2n) is 9.57. The van der Waals surface area contributed by atoms with E-state index >= 15 is 0 Å². The number of benzene rings is 4. The Morgan fingerprint density at radius 2 is 1.58 bits per heavy atom. The molecule has 0 saturated heterocycles. The molecule has 0 atom stereocenters. The third-order valence-corrected chi connectivity index (χ3v) is 7.29. The maximum Gasteiger partial charge on any atom is 0.0525 e. The first-order valence-corrected chi connectivity index (χ1v) is 12.7. The van der Waals surface area contributed by atoms with Crippen molar-refractivity contribution in [3.63, 3.8) is 0 Å². The molecule has 184 valence electrons. The minimum Gasteiger partial charge on any atom is -0.404 e. The Hall–Kier alpha value is -5.02. The summed E-state index contributed by atoms with van der Waals surface area (Å²) in [5.74, 6) is 0. The highest BCUT2D eigenvalue weighted by Crippen LogP contribution is 2.50. The summed E-state index contributed by atoms with van der Waals surface area (Å²) in [6.07, 6.45) is 11.8. The van der Waals surface area contributed by atoms with Crippen molar-refractivity contribution in [3.8, 4) is 22.3 Å². The van der Waals surface area contributed by atoms with Gasteiger partial charge in [0, 0.05) is 30.0 Å². The van der Waals surface area contributed by atoms with Crippen LogP contribution in [0, 0.1) is 0 Å². The normalized spacial score (nSPS) is 16.6. The van der Waals surface area contributed by atoms with E-state index < -0.39 is 0 Å². The molecule has 38 heavy (non-hydrogen) atoms. The molecule has 3 nitrogen and oxygen atoms in total. The molecule has 0 aromatic heterocycles. The Bertz CT molecular complexity index is 1740. The molecule has 2 aliphatic rings. The molecule has 4 aromatic carbocycles. The number of hydrogen-bond donors (Lipinski definition) is 2. The molecule has 0 radical (unpaired) electrons. The largest absolute Gasteiger partial charge is 0.404 e. The fourth-order valence-electron chi connectivity index (χ4n) is 5.42. The van der Waals surface area contributed by atoms with Crippen molar-refractivity contribution in [2.24, 2.45) is 5.73 Å². The van der Waals surface area contributed by atoms with Crippen LogP contribution >= 0.6 is 0 Å². The van der Waals surface area contributed by atoms with Gasteiger partial charge in [-0.15, -0.1) is 0 Å². The van der Waals surface area contributed by atoms with Gasteiger partial charge in [-0.25, -0.2) is 0 Å². The van der Waals surface area contributed by atoms with Crippen molar-refractivity contribution >= 4 is 28.1 Å². The lowest BCUT2D eigenvalue weighted by Crippen LogP contribution is -2.17.